The zero-order valence-electron chi connectivity index (χ0n) is 9.36. The summed E-state index contributed by atoms with van der Waals surface area (Å²) in [6.07, 6.45) is 1.00. The van der Waals surface area contributed by atoms with Crippen LogP contribution >= 0.6 is 11.6 Å². The average molecular weight is 231 g/mol. The Morgan fingerprint density at radius 1 is 1.40 bits per heavy atom. The zero-order valence-corrected chi connectivity index (χ0v) is 10.1. The molecule has 0 aliphatic rings. The first-order chi connectivity index (χ1) is 7.08. The van der Waals surface area contributed by atoms with Gasteiger partial charge in [-0.1, -0.05) is 6.92 Å². The predicted octanol–water partition coefficient (Wildman–Crippen LogP) is 1.77. The van der Waals surface area contributed by atoms with E-state index in [4.69, 9.17) is 16.3 Å². The van der Waals surface area contributed by atoms with Crippen molar-refractivity contribution in [2.24, 2.45) is 0 Å². The van der Waals surface area contributed by atoms with Crippen molar-refractivity contribution in [3.8, 4) is 6.01 Å². The molecule has 6 heteroatoms. The molecule has 1 rings (SSSR count). The SMILES string of the molecule is CCC(C)N(C)c1nc(Cl)nc(OC)n1. The summed E-state index contributed by atoms with van der Waals surface area (Å²) in [5, 5.41) is 0.145. The van der Waals surface area contributed by atoms with Gasteiger partial charge >= 0.3 is 6.01 Å². The summed E-state index contributed by atoms with van der Waals surface area (Å²) >= 11 is 5.75. The highest BCUT2D eigenvalue weighted by atomic mass is 35.5. The molecule has 0 aliphatic heterocycles. The first kappa shape index (κ1) is 12.0. The lowest BCUT2D eigenvalue weighted by atomic mass is 10.2. The predicted molar refractivity (Wildman–Crippen MR) is 59.5 cm³/mol. The van der Waals surface area contributed by atoms with E-state index < -0.39 is 0 Å². The van der Waals surface area contributed by atoms with Crippen LogP contribution in [-0.2, 0) is 0 Å². The van der Waals surface area contributed by atoms with E-state index in [2.05, 4.69) is 28.8 Å². The molecule has 5 nitrogen and oxygen atoms in total. The highest BCUT2D eigenvalue weighted by Gasteiger charge is 2.13. The van der Waals surface area contributed by atoms with Crippen LogP contribution in [0.25, 0.3) is 0 Å². The molecular formula is C9H15ClN4O. The van der Waals surface area contributed by atoms with Crippen LogP contribution in [0.15, 0.2) is 0 Å². The quantitative estimate of drug-likeness (QED) is 0.789. The molecule has 0 amide bonds. The molecule has 0 aliphatic carbocycles. The fourth-order valence-corrected chi connectivity index (χ4v) is 1.19. The zero-order chi connectivity index (χ0) is 11.4. The minimum absolute atomic E-state index is 0.145. The van der Waals surface area contributed by atoms with Crippen LogP contribution in [0.5, 0.6) is 6.01 Å². The van der Waals surface area contributed by atoms with Gasteiger partial charge in [-0.05, 0) is 24.9 Å². The molecule has 15 heavy (non-hydrogen) atoms. The summed E-state index contributed by atoms with van der Waals surface area (Å²) in [5.74, 6) is 0.529. The molecule has 0 saturated heterocycles. The highest BCUT2D eigenvalue weighted by Crippen LogP contribution is 2.16. The van der Waals surface area contributed by atoms with E-state index in [1.807, 2.05) is 11.9 Å². The Labute approximate surface area is 94.5 Å². The Balaban J connectivity index is 2.97. The smallest absolute Gasteiger partial charge is 0.322 e. The van der Waals surface area contributed by atoms with Gasteiger partial charge in [0.1, 0.15) is 0 Å². The van der Waals surface area contributed by atoms with Crippen molar-refractivity contribution in [1.29, 1.82) is 0 Å². The third kappa shape index (κ3) is 2.92. The fraction of sp³-hybridized carbons (Fsp3) is 0.667. The van der Waals surface area contributed by atoms with Crippen molar-refractivity contribution < 1.29 is 4.74 Å². The number of hydrogen-bond acceptors (Lipinski definition) is 5. The molecule has 1 aromatic rings. The molecule has 0 bridgehead atoms. The number of hydrogen-bond donors (Lipinski definition) is 0. The number of aromatic nitrogens is 3. The lowest BCUT2D eigenvalue weighted by Crippen LogP contribution is -2.29. The van der Waals surface area contributed by atoms with Crippen LogP contribution in [0.1, 0.15) is 20.3 Å². The van der Waals surface area contributed by atoms with Gasteiger partial charge in [0.05, 0.1) is 7.11 Å². The first-order valence-corrected chi connectivity index (χ1v) is 5.14. The van der Waals surface area contributed by atoms with Crippen LogP contribution in [0.3, 0.4) is 0 Å². The lowest BCUT2D eigenvalue weighted by molar-refractivity contribution is 0.377. The maximum atomic E-state index is 5.75. The third-order valence-corrected chi connectivity index (χ3v) is 2.49. The monoisotopic (exact) mass is 230 g/mol. The van der Waals surface area contributed by atoms with E-state index in [1.165, 1.54) is 7.11 Å². The van der Waals surface area contributed by atoms with Crippen molar-refractivity contribution in [2.45, 2.75) is 26.3 Å². The number of methoxy groups -OCH3 is 1. The van der Waals surface area contributed by atoms with E-state index >= 15 is 0 Å². The van der Waals surface area contributed by atoms with Gasteiger partial charge in [-0.15, -0.1) is 0 Å². The minimum Gasteiger partial charge on any atom is -0.467 e. The van der Waals surface area contributed by atoms with Gasteiger partial charge in [0.15, 0.2) is 0 Å². The Kier molecular flexibility index (Phi) is 4.08. The summed E-state index contributed by atoms with van der Waals surface area (Å²) in [4.78, 5) is 13.9. The van der Waals surface area contributed by atoms with Crippen molar-refractivity contribution in [3.05, 3.63) is 5.28 Å². The number of rotatable bonds is 4. The van der Waals surface area contributed by atoms with E-state index in [9.17, 15) is 0 Å². The lowest BCUT2D eigenvalue weighted by Gasteiger charge is -2.23. The topological polar surface area (TPSA) is 51.1 Å². The van der Waals surface area contributed by atoms with Crippen molar-refractivity contribution in [1.82, 2.24) is 15.0 Å². The molecule has 0 aromatic carbocycles. The van der Waals surface area contributed by atoms with Crippen LogP contribution in [0.2, 0.25) is 5.28 Å². The molecule has 0 radical (unpaired) electrons. The second-order valence-corrected chi connectivity index (χ2v) is 3.60. The van der Waals surface area contributed by atoms with Gasteiger partial charge in [-0.3, -0.25) is 0 Å². The maximum absolute atomic E-state index is 5.75. The molecule has 1 heterocycles. The van der Waals surface area contributed by atoms with Gasteiger partial charge in [0, 0.05) is 13.1 Å². The van der Waals surface area contributed by atoms with E-state index in [-0.39, 0.29) is 11.3 Å². The molecule has 1 atom stereocenters. The third-order valence-electron chi connectivity index (χ3n) is 2.33. The summed E-state index contributed by atoms with van der Waals surface area (Å²) in [5.41, 5.74) is 0. The highest BCUT2D eigenvalue weighted by molar-refractivity contribution is 6.28. The molecule has 0 N–H and O–H groups in total. The van der Waals surface area contributed by atoms with Gasteiger partial charge in [-0.25, -0.2) is 0 Å². The largest absolute Gasteiger partial charge is 0.467 e. The van der Waals surface area contributed by atoms with Crippen molar-refractivity contribution in [2.75, 3.05) is 19.1 Å². The Morgan fingerprint density at radius 3 is 2.60 bits per heavy atom. The number of anilines is 1. The standard InChI is InChI=1S/C9H15ClN4O/c1-5-6(2)14(3)8-11-7(10)12-9(13-8)15-4/h6H,5H2,1-4H3. The van der Waals surface area contributed by atoms with Crippen LogP contribution < -0.4 is 9.64 Å². The number of nitrogens with zero attached hydrogens (tertiary/aromatic N) is 4. The summed E-state index contributed by atoms with van der Waals surface area (Å²) in [6.45, 7) is 4.19. The Bertz CT molecular complexity index is 334. The normalized spacial score (nSPS) is 12.3. The first-order valence-electron chi connectivity index (χ1n) is 4.76. The van der Waals surface area contributed by atoms with E-state index in [0.717, 1.165) is 6.42 Å². The molecule has 0 fully saturated rings. The molecule has 1 aromatic heterocycles. The molecular weight excluding hydrogens is 216 g/mol. The van der Waals surface area contributed by atoms with Crippen LogP contribution in [-0.4, -0.2) is 35.2 Å². The Hall–Kier alpha value is -1.10. The summed E-state index contributed by atoms with van der Waals surface area (Å²) < 4.78 is 4.93. The van der Waals surface area contributed by atoms with Gasteiger partial charge in [-0.2, -0.15) is 15.0 Å². The number of ether oxygens (including phenoxy) is 1. The molecule has 0 saturated carbocycles. The van der Waals surface area contributed by atoms with Gasteiger partial charge < -0.3 is 9.64 Å². The second-order valence-electron chi connectivity index (χ2n) is 3.26. The van der Waals surface area contributed by atoms with Crippen molar-refractivity contribution >= 4 is 17.5 Å². The van der Waals surface area contributed by atoms with Crippen LogP contribution in [0, 0.1) is 0 Å². The Morgan fingerprint density at radius 2 is 2.07 bits per heavy atom. The maximum Gasteiger partial charge on any atom is 0.322 e. The molecule has 1 unspecified atom stereocenters. The van der Waals surface area contributed by atoms with Gasteiger partial charge in [0.2, 0.25) is 11.2 Å². The summed E-state index contributed by atoms with van der Waals surface area (Å²) in [6, 6.07) is 0.577. The second kappa shape index (κ2) is 5.11. The van der Waals surface area contributed by atoms with Crippen LogP contribution in [0.4, 0.5) is 5.95 Å². The molecule has 84 valence electrons. The average Bonchev–Trinajstić information content (AvgIpc) is 2.26. The summed E-state index contributed by atoms with van der Waals surface area (Å²) in [7, 11) is 3.41. The fourth-order valence-electron chi connectivity index (χ4n) is 1.04. The molecule has 0 spiro atoms. The number of halogens is 1. The van der Waals surface area contributed by atoms with Gasteiger partial charge in [0.25, 0.3) is 0 Å². The van der Waals surface area contributed by atoms with E-state index in [0.29, 0.717) is 12.0 Å². The van der Waals surface area contributed by atoms with Crippen molar-refractivity contribution in [3.63, 3.8) is 0 Å². The minimum atomic E-state index is 0.145. The van der Waals surface area contributed by atoms with E-state index in [1.54, 1.807) is 0 Å².